The number of benzene rings is 1. The van der Waals surface area contributed by atoms with Crippen LogP contribution < -0.4 is 10.6 Å². The molecular formula is C20H33Cl2N3O. The van der Waals surface area contributed by atoms with Crippen LogP contribution in [0.2, 0.25) is 0 Å². The molecule has 2 saturated heterocycles. The van der Waals surface area contributed by atoms with E-state index in [2.05, 4.69) is 52.8 Å². The zero-order chi connectivity index (χ0) is 16.8. The Bertz CT molecular complexity index is 515. The van der Waals surface area contributed by atoms with Gasteiger partial charge in [0, 0.05) is 31.6 Å². The highest BCUT2D eigenvalue weighted by molar-refractivity contribution is 5.85. The number of carbonyl (C=O) groups is 1. The fourth-order valence-corrected chi connectivity index (χ4v) is 3.97. The van der Waals surface area contributed by atoms with E-state index >= 15 is 0 Å². The molecule has 26 heavy (non-hydrogen) atoms. The summed E-state index contributed by atoms with van der Waals surface area (Å²) < 4.78 is 0. The first kappa shape index (κ1) is 23.2. The third kappa shape index (κ3) is 6.73. The molecule has 4 nitrogen and oxygen atoms in total. The van der Waals surface area contributed by atoms with Crippen molar-refractivity contribution >= 4 is 30.7 Å². The number of piperidine rings is 1. The largest absolute Gasteiger partial charge is 0.353 e. The normalized spacial score (nSPS) is 22.1. The number of carbonyl (C=O) groups excluding carboxylic acids is 1. The molecule has 0 aliphatic carbocycles. The van der Waals surface area contributed by atoms with E-state index in [1.54, 1.807) is 0 Å². The van der Waals surface area contributed by atoms with E-state index < -0.39 is 0 Å². The van der Waals surface area contributed by atoms with Crippen LogP contribution in [0.4, 0.5) is 0 Å². The molecule has 148 valence electrons. The first-order valence-electron chi connectivity index (χ1n) is 9.51. The Morgan fingerprint density at radius 1 is 1.19 bits per heavy atom. The van der Waals surface area contributed by atoms with Crippen LogP contribution in [-0.4, -0.2) is 43.0 Å². The second-order valence-electron chi connectivity index (χ2n) is 7.36. The molecule has 3 rings (SSSR count). The van der Waals surface area contributed by atoms with Gasteiger partial charge in [-0.15, -0.1) is 24.8 Å². The van der Waals surface area contributed by atoms with Crippen molar-refractivity contribution in [2.24, 2.45) is 5.92 Å². The standard InChI is InChI=1S/C20H31N3O.2ClH/c1-16(18-5-3-2-4-6-18)23-13-10-19(11-14-23)22-20(24)8-7-17-9-12-21-15-17;;/h2-6,16-17,19,21H,7-15H2,1H3,(H,22,24);2*1H. The molecule has 0 saturated carbocycles. The molecule has 2 N–H and O–H groups in total. The minimum Gasteiger partial charge on any atom is -0.353 e. The van der Waals surface area contributed by atoms with Crippen LogP contribution in [-0.2, 0) is 4.79 Å². The van der Waals surface area contributed by atoms with Gasteiger partial charge in [-0.05, 0) is 57.2 Å². The lowest BCUT2D eigenvalue weighted by Crippen LogP contribution is -2.45. The van der Waals surface area contributed by atoms with Gasteiger partial charge in [0.05, 0.1) is 0 Å². The molecule has 1 aromatic rings. The van der Waals surface area contributed by atoms with Crippen LogP contribution in [0.25, 0.3) is 0 Å². The van der Waals surface area contributed by atoms with Gasteiger partial charge in [0.1, 0.15) is 0 Å². The van der Waals surface area contributed by atoms with Crippen molar-refractivity contribution in [3.63, 3.8) is 0 Å². The quantitative estimate of drug-likeness (QED) is 0.765. The number of amides is 1. The molecule has 0 aromatic heterocycles. The fraction of sp³-hybridized carbons (Fsp3) is 0.650. The van der Waals surface area contributed by atoms with E-state index in [-0.39, 0.29) is 30.7 Å². The molecule has 0 spiro atoms. The van der Waals surface area contributed by atoms with E-state index in [9.17, 15) is 4.79 Å². The Kier molecular flexibility index (Phi) is 10.6. The minimum atomic E-state index is 0. The van der Waals surface area contributed by atoms with Crippen LogP contribution in [0, 0.1) is 5.92 Å². The summed E-state index contributed by atoms with van der Waals surface area (Å²) >= 11 is 0. The van der Waals surface area contributed by atoms with Crippen molar-refractivity contribution in [3.05, 3.63) is 35.9 Å². The molecule has 2 aliphatic heterocycles. The van der Waals surface area contributed by atoms with Crippen LogP contribution >= 0.6 is 24.8 Å². The van der Waals surface area contributed by atoms with E-state index in [4.69, 9.17) is 0 Å². The predicted molar refractivity (Wildman–Crippen MR) is 112 cm³/mol. The van der Waals surface area contributed by atoms with Gasteiger partial charge in [0.15, 0.2) is 0 Å². The lowest BCUT2D eigenvalue weighted by atomic mass is 9.99. The summed E-state index contributed by atoms with van der Waals surface area (Å²) in [4.78, 5) is 14.7. The number of halogens is 2. The highest BCUT2D eigenvalue weighted by Crippen LogP contribution is 2.24. The third-order valence-electron chi connectivity index (χ3n) is 5.67. The van der Waals surface area contributed by atoms with Gasteiger partial charge < -0.3 is 10.6 Å². The summed E-state index contributed by atoms with van der Waals surface area (Å²) in [5, 5.41) is 6.63. The third-order valence-corrected chi connectivity index (χ3v) is 5.67. The Morgan fingerprint density at radius 3 is 2.50 bits per heavy atom. The molecule has 2 fully saturated rings. The SMILES string of the molecule is CC(c1ccccc1)N1CCC(NC(=O)CCC2CCNC2)CC1.Cl.Cl. The summed E-state index contributed by atoms with van der Waals surface area (Å²) in [6.45, 7) is 6.61. The molecule has 1 aromatic carbocycles. The van der Waals surface area contributed by atoms with Crippen LogP contribution in [0.3, 0.4) is 0 Å². The topological polar surface area (TPSA) is 44.4 Å². The summed E-state index contributed by atoms with van der Waals surface area (Å²) in [5.41, 5.74) is 1.38. The zero-order valence-electron chi connectivity index (χ0n) is 15.7. The van der Waals surface area contributed by atoms with Gasteiger partial charge in [-0.3, -0.25) is 9.69 Å². The zero-order valence-corrected chi connectivity index (χ0v) is 17.3. The molecule has 2 atom stereocenters. The second-order valence-corrected chi connectivity index (χ2v) is 7.36. The van der Waals surface area contributed by atoms with Gasteiger partial charge in [-0.2, -0.15) is 0 Å². The lowest BCUT2D eigenvalue weighted by Gasteiger charge is -2.36. The van der Waals surface area contributed by atoms with Crippen molar-refractivity contribution in [2.75, 3.05) is 26.2 Å². The van der Waals surface area contributed by atoms with E-state index in [0.29, 0.717) is 24.4 Å². The maximum Gasteiger partial charge on any atom is 0.220 e. The number of hydrogen-bond acceptors (Lipinski definition) is 3. The molecule has 0 radical (unpaired) electrons. The number of rotatable bonds is 6. The monoisotopic (exact) mass is 401 g/mol. The van der Waals surface area contributed by atoms with Crippen LogP contribution in [0.5, 0.6) is 0 Å². The van der Waals surface area contributed by atoms with Crippen LogP contribution in [0.15, 0.2) is 30.3 Å². The second kappa shape index (κ2) is 11.8. The van der Waals surface area contributed by atoms with Crippen molar-refractivity contribution in [1.29, 1.82) is 0 Å². The van der Waals surface area contributed by atoms with Gasteiger partial charge in [0.2, 0.25) is 5.91 Å². The summed E-state index contributed by atoms with van der Waals surface area (Å²) in [5.74, 6) is 0.945. The van der Waals surface area contributed by atoms with Crippen molar-refractivity contribution in [3.8, 4) is 0 Å². The molecule has 2 heterocycles. The van der Waals surface area contributed by atoms with E-state index in [0.717, 1.165) is 45.4 Å². The maximum absolute atomic E-state index is 12.2. The Balaban J connectivity index is 0.00000169. The van der Waals surface area contributed by atoms with Crippen LogP contribution in [0.1, 0.15) is 50.6 Å². The van der Waals surface area contributed by atoms with Crippen molar-refractivity contribution in [2.45, 2.75) is 51.1 Å². The Hall–Kier alpha value is -0.810. The number of nitrogens with one attached hydrogen (secondary N) is 2. The number of nitrogens with zero attached hydrogens (tertiary/aromatic N) is 1. The fourth-order valence-electron chi connectivity index (χ4n) is 3.97. The average molecular weight is 402 g/mol. The van der Waals surface area contributed by atoms with Gasteiger partial charge in [-0.25, -0.2) is 0 Å². The molecule has 0 bridgehead atoms. The van der Waals surface area contributed by atoms with Gasteiger partial charge in [-0.1, -0.05) is 30.3 Å². The van der Waals surface area contributed by atoms with Crippen molar-refractivity contribution < 1.29 is 4.79 Å². The maximum atomic E-state index is 12.2. The lowest BCUT2D eigenvalue weighted by molar-refractivity contribution is -0.122. The first-order chi connectivity index (χ1) is 11.7. The number of hydrogen-bond donors (Lipinski definition) is 2. The molecule has 1 amide bonds. The molecule has 2 unspecified atom stereocenters. The van der Waals surface area contributed by atoms with Gasteiger partial charge >= 0.3 is 0 Å². The Morgan fingerprint density at radius 2 is 1.88 bits per heavy atom. The summed E-state index contributed by atoms with van der Waals surface area (Å²) in [6, 6.07) is 11.5. The molecular weight excluding hydrogens is 369 g/mol. The highest BCUT2D eigenvalue weighted by atomic mass is 35.5. The highest BCUT2D eigenvalue weighted by Gasteiger charge is 2.24. The molecule has 6 heteroatoms. The first-order valence-corrected chi connectivity index (χ1v) is 9.51. The van der Waals surface area contributed by atoms with E-state index in [1.165, 1.54) is 12.0 Å². The predicted octanol–water partition coefficient (Wildman–Crippen LogP) is 3.56. The summed E-state index contributed by atoms with van der Waals surface area (Å²) in [6.07, 6.45) is 5.07. The average Bonchev–Trinajstić information content (AvgIpc) is 3.14. The smallest absolute Gasteiger partial charge is 0.220 e. The van der Waals surface area contributed by atoms with Gasteiger partial charge in [0.25, 0.3) is 0 Å². The van der Waals surface area contributed by atoms with Crippen molar-refractivity contribution in [1.82, 2.24) is 15.5 Å². The minimum absolute atomic E-state index is 0. The number of likely N-dealkylation sites (tertiary alicyclic amines) is 1. The molecule has 2 aliphatic rings. The summed E-state index contributed by atoms with van der Waals surface area (Å²) in [7, 11) is 0. The Labute approximate surface area is 170 Å². The van der Waals surface area contributed by atoms with E-state index in [1.807, 2.05) is 0 Å².